The van der Waals surface area contributed by atoms with E-state index in [1.165, 1.54) is 12.8 Å². The average Bonchev–Trinajstić information content (AvgIpc) is 3.10. The molecule has 0 aromatic carbocycles. The minimum atomic E-state index is 0. The molecule has 26 heavy (non-hydrogen) atoms. The van der Waals surface area contributed by atoms with E-state index in [0.29, 0.717) is 23.8 Å². The van der Waals surface area contributed by atoms with Gasteiger partial charge in [0.1, 0.15) is 0 Å². The van der Waals surface area contributed by atoms with E-state index in [2.05, 4.69) is 25.3 Å². The predicted molar refractivity (Wildman–Crippen MR) is 103 cm³/mol. The maximum atomic E-state index is 12.8. The quantitative estimate of drug-likeness (QED) is 0.817. The first kappa shape index (κ1) is 21.4. The molecule has 3 aliphatic rings. The molecule has 9 heteroatoms. The Balaban J connectivity index is 0.00000121. The van der Waals surface area contributed by atoms with Crippen LogP contribution in [0.3, 0.4) is 0 Å². The second-order valence-electron chi connectivity index (χ2n) is 7.43. The molecule has 1 amide bonds. The fraction of sp³-hybridized carbons (Fsp3) is 0.824. The first-order valence-corrected chi connectivity index (χ1v) is 9.23. The third-order valence-electron chi connectivity index (χ3n) is 5.95. The van der Waals surface area contributed by atoms with Crippen LogP contribution < -0.4 is 5.32 Å². The second-order valence-corrected chi connectivity index (χ2v) is 7.43. The second kappa shape index (κ2) is 8.87. The van der Waals surface area contributed by atoms with E-state index in [9.17, 15) is 4.79 Å². The van der Waals surface area contributed by atoms with Gasteiger partial charge in [-0.3, -0.25) is 9.69 Å². The third kappa shape index (κ3) is 4.32. The molecule has 2 aliphatic heterocycles. The zero-order valence-corrected chi connectivity index (χ0v) is 16.9. The van der Waals surface area contributed by atoms with Crippen molar-refractivity contribution in [1.29, 1.82) is 0 Å². The topological polar surface area (TPSA) is 74.5 Å². The Labute approximate surface area is 167 Å². The molecule has 1 unspecified atom stereocenters. The lowest BCUT2D eigenvalue weighted by Gasteiger charge is -2.35. The normalized spacial score (nSPS) is 24.7. The Morgan fingerprint density at radius 2 is 1.92 bits per heavy atom. The van der Waals surface area contributed by atoms with Crippen molar-refractivity contribution in [2.24, 2.45) is 11.3 Å². The fourth-order valence-electron chi connectivity index (χ4n) is 4.22. The lowest BCUT2D eigenvalue weighted by Crippen LogP contribution is -2.49. The standard InChI is InChI=1S/C17H27N5O2.2ClH/c1-2-15-19-14(20-24-15)12-21-7-9-22(10-8-21)16(23)13-11-17(13)3-5-18-6-4-17;;/h13,18H,2-12H2,1H3;2*1H. The van der Waals surface area contributed by atoms with Gasteiger partial charge < -0.3 is 14.7 Å². The summed E-state index contributed by atoms with van der Waals surface area (Å²) in [5.41, 5.74) is 0.334. The third-order valence-corrected chi connectivity index (χ3v) is 5.95. The molecule has 148 valence electrons. The van der Waals surface area contributed by atoms with Gasteiger partial charge in [-0.05, 0) is 37.8 Å². The van der Waals surface area contributed by atoms with Crippen molar-refractivity contribution in [3.63, 3.8) is 0 Å². The molecule has 0 bridgehead atoms. The van der Waals surface area contributed by atoms with Gasteiger partial charge in [-0.25, -0.2) is 0 Å². The fourth-order valence-corrected chi connectivity index (χ4v) is 4.22. The number of aromatic nitrogens is 2. The number of hydrogen-bond acceptors (Lipinski definition) is 6. The first-order valence-electron chi connectivity index (χ1n) is 9.23. The predicted octanol–water partition coefficient (Wildman–Crippen LogP) is 1.51. The maximum Gasteiger partial charge on any atom is 0.226 e. The minimum Gasteiger partial charge on any atom is -0.340 e. The van der Waals surface area contributed by atoms with E-state index in [4.69, 9.17) is 4.52 Å². The Morgan fingerprint density at radius 1 is 1.23 bits per heavy atom. The van der Waals surface area contributed by atoms with Gasteiger partial charge in [0.25, 0.3) is 0 Å². The van der Waals surface area contributed by atoms with Crippen molar-refractivity contribution in [3.8, 4) is 0 Å². The highest BCUT2D eigenvalue weighted by Crippen LogP contribution is 2.59. The molecule has 1 N–H and O–H groups in total. The Kier molecular flexibility index (Phi) is 7.30. The van der Waals surface area contributed by atoms with E-state index >= 15 is 0 Å². The highest BCUT2D eigenvalue weighted by Gasteiger charge is 2.58. The molecule has 1 atom stereocenters. The van der Waals surface area contributed by atoms with Gasteiger partial charge in [0.2, 0.25) is 11.8 Å². The summed E-state index contributed by atoms with van der Waals surface area (Å²) in [6.45, 7) is 8.29. The number of piperidine rings is 1. The monoisotopic (exact) mass is 405 g/mol. The van der Waals surface area contributed by atoms with E-state index in [1.807, 2.05) is 6.92 Å². The van der Waals surface area contributed by atoms with Crippen LogP contribution in [-0.4, -0.2) is 65.1 Å². The Morgan fingerprint density at radius 3 is 2.54 bits per heavy atom. The molecule has 3 heterocycles. The molecule has 1 aromatic rings. The number of aryl methyl sites for hydroxylation is 1. The van der Waals surface area contributed by atoms with Crippen molar-refractivity contribution >= 4 is 30.7 Å². The van der Waals surface area contributed by atoms with Gasteiger partial charge in [0.05, 0.1) is 6.54 Å². The van der Waals surface area contributed by atoms with Gasteiger partial charge in [-0.15, -0.1) is 24.8 Å². The van der Waals surface area contributed by atoms with E-state index < -0.39 is 0 Å². The van der Waals surface area contributed by atoms with Crippen LogP contribution in [0.15, 0.2) is 4.52 Å². The summed E-state index contributed by atoms with van der Waals surface area (Å²) in [4.78, 5) is 21.5. The molecule has 0 radical (unpaired) electrons. The summed E-state index contributed by atoms with van der Waals surface area (Å²) in [7, 11) is 0. The summed E-state index contributed by atoms with van der Waals surface area (Å²) < 4.78 is 5.16. The molecular formula is C17H29Cl2N5O2. The number of hydrogen-bond donors (Lipinski definition) is 1. The van der Waals surface area contributed by atoms with E-state index in [0.717, 1.165) is 57.9 Å². The number of carbonyl (C=O) groups excluding carboxylic acids is 1. The molecule has 1 aliphatic carbocycles. The number of nitrogens with one attached hydrogen (secondary N) is 1. The van der Waals surface area contributed by atoms with Gasteiger partial charge in [-0.2, -0.15) is 4.98 Å². The molecule has 1 aromatic heterocycles. The van der Waals surface area contributed by atoms with Crippen LogP contribution in [-0.2, 0) is 17.8 Å². The lowest BCUT2D eigenvalue weighted by molar-refractivity contribution is -0.135. The molecule has 7 nitrogen and oxygen atoms in total. The summed E-state index contributed by atoms with van der Waals surface area (Å²) in [5.74, 6) is 2.13. The van der Waals surface area contributed by atoms with Crippen molar-refractivity contribution in [2.75, 3.05) is 39.3 Å². The molecule has 4 rings (SSSR count). The SMILES string of the molecule is CCc1nc(CN2CCN(C(=O)C3CC34CCNCC4)CC2)no1.Cl.Cl. The summed E-state index contributed by atoms with van der Waals surface area (Å²) in [5, 5.41) is 7.42. The van der Waals surface area contributed by atoms with Gasteiger partial charge in [0, 0.05) is 38.5 Å². The zero-order valence-electron chi connectivity index (χ0n) is 15.3. The van der Waals surface area contributed by atoms with Crippen molar-refractivity contribution < 1.29 is 9.32 Å². The molecule has 1 spiro atoms. The van der Waals surface area contributed by atoms with Gasteiger partial charge >= 0.3 is 0 Å². The van der Waals surface area contributed by atoms with Crippen LogP contribution in [0.5, 0.6) is 0 Å². The van der Waals surface area contributed by atoms with E-state index in [-0.39, 0.29) is 30.7 Å². The van der Waals surface area contributed by atoms with Crippen LogP contribution in [0.25, 0.3) is 0 Å². The molecule has 1 saturated carbocycles. The van der Waals surface area contributed by atoms with Crippen LogP contribution in [0.2, 0.25) is 0 Å². The Hall–Kier alpha value is -0.890. The summed E-state index contributed by atoms with van der Waals surface area (Å²) in [6.07, 6.45) is 4.21. The van der Waals surface area contributed by atoms with Crippen LogP contribution in [0.1, 0.15) is 37.9 Å². The first-order chi connectivity index (χ1) is 11.7. The number of halogens is 2. The number of piperazine rings is 1. The molecule has 3 fully saturated rings. The molecule has 2 saturated heterocycles. The van der Waals surface area contributed by atoms with Gasteiger partial charge in [-0.1, -0.05) is 12.1 Å². The molecular weight excluding hydrogens is 377 g/mol. The smallest absolute Gasteiger partial charge is 0.226 e. The minimum absolute atomic E-state index is 0. The van der Waals surface area contributed by atoms with Crippen LogP contribution in [0.4, 0.5) is 0 Å². The highest BCUT2D eigenvalue weighted by molar-refractivity contribution is 5.85. The number of nitrogens with zero attached hydrogens (tertiary/aromatic N) is 4. The van der Waals surface area contributed by atoms with Crippen molar-refractivity contribution in [3.05, 3.63) is 11.7 Å². The number of carbonyl (C=O) groups is 1. The zero-order chi connectivity index (χ0) is 16.6. The largest absolute Gasteiger partial charge is 0.340 e. The average molecular weight is 406 g/mol. The highest BCUT2D eigenvalue weighted by atomic mass is 35.5. The summed E-state index contributed by atoms with van der Waals surface area (Å²) in [6, 6.07) is 0. The maximum absolute atomic E-state index is 12.8. The number of rotatable bonds is 4. The van der Waals surface area contributed by atoms with Crippen molar-refractivity contribution in [2.45, 2.75) is 39.2 Å². The Bertz CT molecular complexity index is 598. The van der Waals surface area contributed by atoms with Gasteiger partial charge in [0.15, 0.2) is 5.82 Å². The summed E-state index contributed by atoms with van der Waals surface area (Å²) >= 11 is 0. The van der Waals surface area contributed by atoms with Crippen LogP contribution >= 0.6 is 24.8 Å². The van der Waals surface area contributed by atoms with E-state index in [1.54, 1.807) is 0 Å². The van der Waals surface area contributed by atoms with Crippen molar-refractivity contribution in [1.82, 2.24) is 25.3 Å². The lowest BCUT2D eigenvalue weighted by atomic mass is 9.91. The number of amides is 1. The van der Waals surface area contributed by atoms with Crippen LogP contribution in [0, 0.1) is 11.3 Å².